The van der Waals surface area contributed by atoms with E-state index < -0.39 is 0 Å². The zero-order valence-corrected chi connectivity index (χ0v) is 10.7. The highest BCUT2D eigenvalue weighted by molar-refractivity contribution is 9.10. The molecule has 2 aromatic heterocycles. The third-order valence-electron chi connectivity index (χ3n) is 2.28. The minimum absolute atomic E-state index is 0.756. The van der Waals surface area contributed by atoms with Crippen LogP contribution in [-0.4, -0.2) is 16.3 Å². The summed E-state index contributed by atoms with van der Waals surface area (Å²) in [5.74, 6) is 0.943. The molecule has 0 radical (unpaired) electrons. The largest absolute Gasteiger partial charge is 0.453 e. The predicted octanol–water partition coefficient (Wildman–Crippen LogP) is 2.11. The Balaban J connectivity index is 1.69. The topological polar surface area (TPSA) is 43.0 Å². The summed E-state index contributed by atoms with van der Waals surface area (Å²) < 4.78 is 7.97. The number of nitrogens with zero attached hydrogens (tertiary/aromatic N) is 2. The van der Waals surface area contributed by atoms with Crippen LogP contribution in [0.2, 0.25) is 0 Å². The van der Waals surface area contributed by atoms with Gasteiger partial charge in [-0.25, -0.2) is 0 Å². The fourth-order valence-electron chi connectivity index (χ4n) is 1.49. The molecule has 0 saturated heterocycles. The number of halogens is 1. The van der Waals surface area contributed by atoms with Gasteiger partial charge in [0.25, 0.3) is 0 Å². The van der Waals surface area contributed by atoms with Gasteiger partial charge in [-0.2, -0.15) is 5.10 Å². The number of aryl methyl sites for hydroxylation is 1. The molecule has 0 saturated carbocycles. The zero-order valence-electron chi connectivity index (χ0n) is 9.11. The summed E-state index contributed by atoms with van der Waals surface area (Å²) in [6, 6.07) is 3.86. The maximum atomic E-state index is 5.38. The molecule has 0 aliphatic heterocycles. The number of rotatable bonds is 5. The lowest BCUT2D eigenvalue weighted by Crippen LogP contribution is -2.16. The quantitative estimate of drug-likeness (QED) is 0.855. The van der Waals surface area contributed by atoms with Crippen LogP contribution in [0, 0.1) is 0 Å². The third-order valence-corrected chi connectivity index (χ3v) is 2.70. The van der Waals surface area contributed by atoms with Crippen LogP contribution < -0.4 is 5.32 Å². The summed E-state index contributed by atoms with van der Waals surface area (Å²) in [7, 11) is 1.93. The van der Waals surface area contributed by atoms with Crippen molar-refractivity contribution in [2.45, 2.75) is 13.0 Å². The standard InChI is InChI=1S/C11H14BrN3O/c1-15-8-9(6-14-15)4-5-13-7-10-2-3-11(12)16-10/h2-3,6,8,13H,4-5,7H2,1H3. The van der Waals surface area contributed by atoms with Crippen molar-refractivity contribution >= 4 is 15.9 Å². The van der Waals surface area contributed by atoms with Gasteiger partial charge in [0, 0.05) is 13.2 Å². The summed E-state index contributed by atoms with van der Waals surface area (Å²) in [6.07, 6.45) is 4.91. The lowest BCUT2D eigenvalue weighted by molar-refractivity contribution is 0.466. The van der Waals surface area contributed by atoms with E-state index >= 15 is 0 Å². The van der Waals surface area contributed by atoms with E-state index in [0.717, 1.165) is 29.9 Å². The Morgan fingerprint density at radius 2 is 2.38 bits per heavy atom. The van der Waals surface area contributed by atoms with Gasteiger partial charge in [-0.15, -0.1) is 0 Å². The van der Waals surface area contributed by atoms with Crippen LogP contribution in [0.1, 0.15) is 11.3 Å². The molecule has 0 atom stereocenters. The molecule has 1 N–H and O–H groups in total. The second kappa shape index (κ2) is 5.32. The highest BCUT2D eigenvalue weighted by Gasteiger charge is 1.99. The van der Waals surface area contributed by atoms with E-state index in [1.165, 1.54) is 5.56 Å². The molecular formula is C11H14BrN3O. The van der Waals surface area contributed by atoms with Gasteiger partial charge in [0.05, 0.1) is 12.7 Å². The summed E-state index contributed by atoms with van der Waals surface area (Å²) in [6.45, 7) is 1.68. The molecule has 0 amide bonds. The molecule has 2 heterocycles. The zero-order chi connectivity index (χ0) is 11.4. The maximum absolute atomic E-state index is 5.38. The van der Waals surface area contributed by atoms with Crippen LogP contribution in [-0.2, 0) is 20.0 Å². The first kappa shape index (κ1) is 11.4. The molecule has 5 heteroatoms. The lowest BCUT2D eigenvalue weighted by atomic mass is 10.2. The molecule has 16 heavy (non-hydrogen) atoms. The van der Waals surface area contributed by atoms with E-state index in [2.05, 4.69) is 26.3 Å². The van der Waals surface area contributed by atoms with E-state index in [-0.39, 0.29) is 0 Å². The highest BCUT2D eigenvalue weighted by atomic mass is 79.9. The summed E-state index contributed by atoms with van der Waals surface area (Å²) in [5.41, 5.74) is 1.25. The Bertz CT molecular complexity index is 407. The van der Waals surface area contributed by atoms with E-state index in [9.17, 15) is 0 Å². The molecule has 4 nitrogen and oxygen atoms in total. The minimum Gasteiger partial charge on any atom is -0.453 e. The van der Waals surface area contributed by atoms with Gasteiger partial charge in [-0.05, 0) is 46.6 Å². The Morgan fingerprint density at radius 1 is 1.50 bits per heavy atom. The van der Waals surface area contributed by atoms with E-state index in [1.807, 2.05) is 36.3 Å². The molecule has 0 aromatic carbocycles. The number of aromatic nitrogens is 2. The molecule has 2 rings (SSSR count). The van der Waals surface area contributed by atoms with Crippen molar-refractivity contribution in [1.29, 1.82) is 0 Å². The van der Waals surface area contributed by atoms with Gasteiger partial charge in [0.1, 0.15) is 5.76 Å². The van der Waals surface area contributed by atoms with Gasteiger partial charge in [0.15, 0.2) is 4.67 Å². The summed E-state index contributed by atoms with van der Waals surface area (Å²) in [5, 5.41) is 7.44. The fraction of sp³-hybridized carbons (Fsp3) is 0.364. The van der Waals surface area contributed by atoms with Crippen molar-refractivity contribution in [3.63, 3.8) is 0 Å². The molecule has 0 bridgehead atoms. The van der Waals surface area contributed by atoms with Crippen molar-refractivity contribution < 1.29 is 4.42 Å². The second-order valence-corrected chi connectivity index (χ2v) is 4.44. The van der Waals surface area contributed by atoms with Crippen LogP contribution in [0.4, 0.5) is 0 Å². The second-order valence-electron chi connectivity index (χ2n) is 3.65. The normalized spacial score (nSPS) is 10.9. The van der Waals surface area contributed by atoms with Crippen LogP contribution in [0.15, 0.2) is 33.6 Å². The molecule has 86 valence electrons. The Morgan fingerprint density at radius 3 is 3.00 bits per heavy atom. The van der Waals surface area contributed by atoms with Gasteiger partial charge in [-0.3, -0.25) is 4.68 Å². The SMILES string of the molecule is Cn1cc(CCNCc2ccc(Br)o2)cn1. The van der Waals surface area contributed by atoms with Crippen LogP contribution in [0.5, 0.6) is 0 Å². The van der Waals surface area contributed by atoms with Crippen molar-refractivity contribution in [3.05, 3.63) is 40.5 Å². The van der Waals surface area contributed by atoms with Gasteiger partial charge in [0.2, 0.25) is 0 Å². The Hall–Kier alpha value is -1.07. The first-order valence-electron chi connectivity index (χ1n) is 5.16. The first-order chi connectivity index (χ1) is 7.74. The van der Waals surface area contributed by atoms with Gasteiger partial charge in [-0.1, -0.05) is 0 Å². The number of nitrogens with one attached hydrogen (secondary N) is 1. The Labute approximate surface area is 103 Å². The predicted molar refractivity (Wildman–Crippen MR) is 65.0 cm³/mol. The highest BCUT2D eigenvalue weighted by Crippen LogP contribution is 2.13. The van der Waals surface area contributed by atoms with Crippen LogP contribution >= 0.6 is 15.9 Å². The molecule has 0 aliphatic carbocycles. The van der Waals surface area contributed by atoms with Crippen molar-refractivity contribution in [3.8, 4) is 0 Å². The molecule has 2 aromatic rings. The summed E-state index contributed by atoms with van der Waals surface area (Å²) in [4.78, 5) is 0. The van der Waals surface area contributed by atoms with Gasteiger partial charge < -0.3 is 9.73 Å². The monoisotopic (exact) mass is 283 g/mol. The molecule has 0 fully saturated rings. The molecule has 0 spiro atoms. The fourth-order valence-corrected chi connectivity index (χ4v) is 1.83. The first-order valence-corrected chi connectivity index (χ1v) is 5.96. The molecule has 0 aliphatic rings. The van der Waals surface area contributed by atoms with Crippen molar-refractivity contribution in [2.75, 3.05) is 6.54 Å². The number of furan rings is 1. The summed E-state index contributed by atoms with van der Waals surface area (Å²) >= 11 is 3.28. The van der Waals surface area contributed by atoms with Crippen molar-refractivity contribution in [1.82, 2.24) is 15.1 Å². The third kappa shape index (κ3) is 3.21. The minimum atomic E-state index is 0.756. The molecule has 0 unspecified atom stereocenters. The average Bonchev–Trinajstić information content (AvgIpc) is 2.83. The number of hydrogen-bond donors (Lipinski definition) is 1. The molecular weight excluding hydrogens is 270 g/mol. The van der Waals surface area contributed by atoms with E-state index in [4.69, 9.17) is 4.42 Å². The smallest absolute Gasteiger partial charge is 0.169 e. The number of hydrogen-bond acceptors (Lipinski definition) is 3. The average molecular weight is 284 g/mol. The van der Waals surface area contributed by atoms with Crippen LogP contribution in [0.3, 0.4) is 0 Å². The van der Waals surface area contributed by atoms with Gasteiger partial charge >= 0.3 is 0 Å². The lowest BCUT2D eigenvalue weighted by Gasteiger charge is -2.00. The van der Waals surface area contributed by atoms with E-state index in [1.54, 1.807) is 0 Å². The Kier molecular flexibility index (Phi) is 3.79. The van der Waals surface area contributed by atoms with Crippen LogP contribution in [0.25, 0.3) is 0 Å². The van der Waals surface area contributed by atoms with Crippen molar-refractivity contribution in [2.24, 2.45) is 7.05 Å². The van der Waals surface area contributed by atoms with E-state index in [0.29, 0.717) is 0 Å². The maximum Gasteiger partial charge on any atom is 0.169 e.